The quantitative estimate of drug-likeness (QED) is 0.374. The molecule has 0 spiro atoms. The Balaban J connectivity index is 1.42. The molecule has 9 heteroatoms. The number of rotatable bonds is 9. The van der Waals surface area contributed by atoms with E-state index >= 15 is 0 Å². The lowest BCUT2D eigenvalue weighted by Crippen LogP contribution is -2.49. The molecule has 1 heterocycles. The smallest absolute Gasteiger partial charge is 0.243 e. The normalized spacial score (nSPS) is 16.2. The number of benzene rings is 3. The van der Waals surface area contributed by atoms with Crippen LogP contribution in [0.5, 0.6) is 5.75 Å². The lowest BCUT2D eigenvalue weighted by molar-refractivity contribution is 0.00767. The Bertz CT molecular complexity index is 1230. The summed E-state index contributed by atoms with van der Waals surface area (Å²) in [7, 11) is -1.94. The molecule has 6 nitrogen and oxygen atoms in total. The highest BCUT2D eigenvalue weighted by molar-refractivity contribution is 7.89. The van der Waals surface area contributed by atoms with Gasteiger partial charge in [-0.25, -0.2) is 8.42 Å². The maximum atomic E-state index is 13.0. The molecule has 3 aromatic carbocycles. The lowest BCUT2D eigenvalue weighted by Gasteiger charge is -2.36. The van der Waals surface area contributed by atoms with E-state index in [1.54, 1.807) is 25.3 Å². The minimum atomic E-state index is -3.58. The molecule has 186 valence electrons. The summed E-state index contributed by atoms with van der Waals surface area (Å²) in [4.78, 5) is 2.45. The molecule has 4 rings (SSSR count). The van der Waals surface area contributed by atoms with E-state index in [0.29, 0.717) is 49.4 Å². The van der Waals surface area contributed by atoms with Gasteiger partial charge in [-0.15, -0.1) is 0 Å². The van der Waals surface area contributed by atoms with E-state index in [4.69, 9.17) is 32.7 Å². The number of halogens is 2. The van der Waals surface area contributed by atoms with Crippen molar-refractivity contribution in [3.8, 4) is 5.75 Å². The van der Waals surface area contributed by atoms with Crippen molar-refractivity contribution in [1.82, 2.24) is 9.21 Å². The van der Waals surface area contributed by atoms with Crippen molar-refractivity contribution in [2.45, 2.75) is 17.6 Å². The number of sulfonamides is 1. The van der Waals surface area contributed by atoms with Gasteiger partial charge in [0.05, 0.1) is 24.7 Å². The van der Waals surface area contributed by atoms with Crippen molar-refractivity contribution in [2.24, 2.45) is 0 Å². The number of methoxy groups -OCH3 is 1. The van der Waals surface area contributed by atoms with Gasteiger partial charge in [0.25, 0.3) is 0 Å². The highest BCUT2D eigenvalue weighted by atomic mass is 35.5. The number of hydrogen-bond acceptors (Lipinski definition) is 5. The highest BCUT2D eigenvalue weighted by Gasteiger charge is 2.30. The first-order chi connectivity index (χ1) is 16.8. The fourth-order valence-corrected chi connectivity index (χ4v) is 5.90. The molecule has 0 bridgehead atoms. The average molecular weight is 535 g/mol. The van der Waals surface area contributed by atoms with Gasteiger partial charge in [0.2, 0.25) is 10.0 Å². The van der Waals surface area contributed by atoms with Crippen LogP contribution in [0.15, 0.2) is 77.7 Å². The van der Waals surface area contributed by atoms with Crippen LogP contribution in [0.1, 0.15) is 17.2 Å². The van der Waals surface area contributed by atoms with Gasteiger partial charge in [-0.3, -0.25) is 4.90 Å². The van der Waals surface area contributed by atoms with Crippen molar-refractivity contribution in [2.75, 3.05) is 39.8 Å². The molecule has 0 saturated carbocycles. The van der Waals surface area contributed by atoms with Gasteiger partial charge in [0, 0.05) is 42.8 Å². The Labute approximate surface area is 217 Å². The standard InChI is InChI=1S/C26H28Cl2N2O4S/c1-33-24-6-2-4-20(16-24)19-34-26(21-8-10-22(27)11-9-21)18-29-12-14-30(15-13-29)35(31,32)25-7-3-5-23(28)17-25/h2-11,16-17,26H,12-15,18-19H2,1H3/t26-/m0/s1. The van der Waals surface area contributed by atoms with E-state index in [9.17, 15) is 8.42 Å². The number of hydrogen-bond donors (Lipinski definition) is 0. The summed E-state index contributed by atoms with van der Waals surface area (Å²) in [5.74, 6) is 0.783. The molecule has 0 aliphatic carbocycles. The van der Waals surface area contributed by atoms with E-state index in [2.05, 4.69) is 4.90 Å². The topological polar surface area (TPSA) is 59.1 Å². The first-order valence-corrected chi connectivity index (χ1v) is 13.5. The van der Waals surface area contributed by atoms with Gasteiger partial charge in [0.1, 0.15) is 5.75 Å². The highest BCUT2D eigenvalue weighted by Crippen LogP contribution is 2.26. The molecule has 0 radical (unpaired) electrons. The third-order valence-corrected chi connectivity index (χ3v) is 8.40. The van der Waals surface area contributed by atoms with Crippen LogP contribution in [-0.4, -0.2) is 57.5 Å². The summed E-state index contributed by atoms with van der Waals surface area (Å²) < 4.78 is 39.3. The lowest BCUT2D eigenvalue weighted by atomic mass is 10.1. The van der Waals surface area contributed by atoms with E-state index in [1.165, 1.54) is 10.4 Å². The SMILES string of the molecule is COc1cccc(CO[C@@H](CN2CCN(S(=O)(=O)c3cccc(Cl)c3)CC2)c2ccc(Cl)cc2)c1. The van der Waals surface area contributed by atoms with Crippen LogP contribution in [0.25, 0.3) is 0 Å². The van der Waals surface area contributed by atoms with Crippen LogP contribution < -0.4 is 4.74 Å². The predicted octanol–water partition coefficient (Wildman–Crippen LogP) is 5.27. The van der Waals surface area contributed by atoms with Crippen LogP contribution in [0.2, 0.25) is 10.0 Å². The minimum absolute atomic E-state index is 0.199. The second-order valence-electron chi connectivity index (χ2n) is 8.36. The monoisotopic (exact) mass is 534 g/mol. The van der Waals surface area contributed by atoms with Gasteiger partial charge in [-0.2, -0.15) is 4.31 Å². The zero-order valence-electron chi connectivity index (χ0n) is 19.4. The van der Waals surface area contributed by atoms with Crippen LogP contribution in [0, 0.1) is 0 Å². The van der Waals surface area contributed by atoms with Crippen LogP contribution >= 0.6 is 23.2 Å². The number of ether oxygens (including phenoxy) is 2. The molecule has 3 aromatic rings. The van der Waals surface area contributed by atoms with Gasteiger partial charge in [0.15, 0.2) is 0 Å². The first-order valence-electron chi connectivity index (χ1n) is 11.3. The molecule has 1 aliphatic rings. The molecule has 0 N–H and O–H groups in total. The average Bonchev–Trinajstić information content (AvgIpc) is 2.87. The Hall–Kier alpha value is -2.13. The van der Waals surface area contributed by atoms with E-state index < -0.39 is 10.0 Å². The second kappa shape index (κ2) is 11.7. The maximum absolute atomic E-state index is 13.0. The summed E-state index contributed by atoms with van der Waals surface area (Å²) in [6.45, 7) is 3.07. The largest absolute Gasteiger partial charge is 0.497 e. The summed E-state index contributed by atoms with van der Waals surface area (Å²) in [6.07, 6.45) is -0.199. The molecule has 1 fully saturated rings. The summed E-state index contributed by atoms with van der Waals surface area (Å²) in [5, 5.41) is 1.07. The molecule has 0 aromatic heterocycles. The predicted molar refractivity (Wildman–Crippen MR) is 139 cm³/mol. The number of nitrogens with zero attached hydrogens (tertiary/aromatic N) is 2. The molecular formula is C26H28Cl2N2O4S. The fraction of sp³-hybridized carbons (Fsp3) is 0.308. The van der Waals surface area contributed by atoms with E-state index in [1.807, 2.05) is 48.5 Å². The van der Waals surface area contributed by atoms with Crippen LogP contribution in [0.4, 0.5) is 0 Å². The van der Waals surface area contributed by atoms with E-state index in [-0.39, 0.29) is 11.0 Å². The van der Waals surface area contributed by atoms with Gasteiger partial charge in [-0.1, -0.05) is 53.5 Å². The second-order valence-corrected chi connectivity index (χ2v) is 11.2. The third-order valence-electron chi connectivity index (χ3n) is 6.02. The zero-order valence-corrected chi connectivity index (χ0v) is 21.8. The van der Waals surface area contributed by atoms with Gasteiger partial charge < -0.3 is 9.47 Å². The van der Waals surface area contributed by atoms with Crippen LogP contribution in [0.3, 0.4) is 0 Å². The van der Waals surface area contributed by atoms with Crippen molar-refractivity contribution < 1.29 is 17.9 Å². The Morgan fingerprint density at radius 3 is 2.29 bits per heavy atom. The Morgan fingerprint density at radius 2 is 1.60 bits per heavy atom. The minimum Gasteiger partial charge on any atom is -0.497 e. The van der Waals surface area contributed by atoms with Crippen molar-refractivity contribution in [3.05, 3.63) is 94.0 Å². The Morgan fingerprint density at radius 1 is 0.886 bits per heavy atom. The molecule has 1 atom stereocenters. The molecule has 1 saturated heterocycles. The molecule has 0 unspecified atom stereocenters. The summed E-state index contributed by atoms with van der Waals surface area (Å²) in [5.41, 5.74) is 2.03. The fourth-order valence-electron chi connectivity index (χ4n) is 4.05. The van der Waals surface area contributed by atoms with Crippen LogP contribution in [-0.2, 0) is 21.4 Å². The van der Waals surface area contributed by atoms with Gasteiger partial charge >= 0.3 is 0 Å². The molecule has 0 amide bonds. The number of piperazine rings is 1. The summed E-state index contributed by atoms with van der Waals surface area (Å²) >= 11 is 12.1. The van der Waals surface area contributed by atoms with Crippen molar-refractivity contribution >= 4 is 33.2 Å². The molecule has 35 heavy (non-hydrogen) atoms. The van der Waals surface area contributed by atoms with Gasteiger partial charge in [-0.05, 0) is 53.6 Å². The molecule has 1 aliphatic heterocycles. The third kappa shape index (κ3) is 6.76. The van der Waals surface area contributed by atoms with Crippen molar-refractivity contribution in [3.63, 3.8) is 0 Å². The summed E-state index contributed by atoms with van der Waals surface area (Å²) in [6, 6.07) is 21.8. The van der Waals surface area contributed by atoms with E-state index in [0.717, 1.165) is 16.9 Å². The Kier molecular flexibility index (Phi) is 8.70. The first kappa shape index (κ1) is 25.9. The maximum Gasteiger partial charge on any atom is 0.243 e. The molecular weight excluding hydrogens is 507 g/mol. The zero-order chi connectivity index (χ0) is 24.8. The van der Waals surface area contributed by atoms with Crippen molar-refractivity contribution in [1.29, 1.82) is 0 Å².